The number of benzene rings is 1. The van der Waals surface area contributed by atoms with Crippen molar-refractivity contribution in [3.63, 3.8) is 0 Å². The number of amides is 2. The zero-order chi connectivity index (χ0) is 15.0. The summed E-state index contributed by atoms with van der Waals surface area (Å²) in [6, 6.07) is 7.07. The van der Waals surface area contributed by atoms with Gasteiger partial charge in [-0.25, -0.2) is 0 Å². The normalized spacial score (nSPS) is 28.1. The Balaban J connectivity index is 1.80. The van der Waals surface area contributed by atoms with Gasteiger partial charge in [-0.05, 0) is 19.4 Å². The van der Waals surface area contributed by atoms with Gasteiger partial charge in [-0.15, -0.1) is 0 Å². The molecule has 1 N–H and O–H groups in total. The molecule has 0 spiro atoms. The lowest BCUT2D eigenvalue weighted by atomic mass is 9.98. The number of hydrogen-bond acceptors (Lipinski definition) is 3. The highest BCUT2D eigenvalue weighted by atomic mass is 16.5. The van der Waals surface area contributed by atoms with Gasteiger partial charge in [0.15, 0.2) is 0 Å². The molecule has 2 aliphatic heterocycles. The van der Waals surface area contributed by atoms with Gasteiger partial charge in [0.05, 0.1) is 6.61 Å². The quantitative estimate of drug-likeness (QED) is 0.911. The number of piperazine rings is 1. The van der Waals surface area contributed by atoms with Crippen LogP contribution in [-0.4, -0.2) is 41.9 Å². The Morgan fingerprint density at radius 2 is 2.10 bits per heavy atom. The minimum Gasteiger partial charge on any atom is -0.493 e. The van der Waals surface area contributed by atoms with Crippen LogP contribution in [0, 0.1) is 0 Å². The maximum atomic E-state index is 12.5. The standard InChI is InChI=1S/C16H20N2O3/c1-3-13-16(20)18(10(2)15(19)17-13)8-11-9-21-14-7-5-4-6-12(11)14/h4-7,10-11,13H,3,8-9H2,1-2H3,(H,17,19). The highest BCUT2D eigenvalue weighted by molar-refractivity contribution is 5.96. The summed E-state index contributed by atoms with van der Waals surface area (Å²) in [5.41, 5.74) is 1.12. The van der Waals surface area contributed by atoms with Crippen molar-refractivity contribution >= 4 is 11.8 Å². The van der Waals surface area contributed by atoms with Crippen molar-refractivity contribution < 1.29 is 14.3 Å². The fraction of sp³-hybridized carbons (Fsp3) is 0.500. The lowest BCUT2D eigenvalue weighted by Crippen LogP contribution is -2.62. The Bertz CT molecular complexity index is 572. The maximum absolute atomic E-state index is 12.5. The minimum absolute atomic E-state index is 0.00832. The third-order valence-corrected chi connectivity index (χ3v) is 4.37. The SMILES string of the molecule is CCC1NC(=O)C(C)N(CC2COc3ccccc32)C1=O. The number of nitrogens with zero attached hydrogens (tertiary/aromatic N) is 1. The number of rotatable bonds is 3. The lowest BCUT2D eigenvalue weighted by molar-refractivity contribution is -0.149. The van der Waals surface area contributed by atoms with Gasteiger partial charge in [-0.2, -0.15) is 0 Å². The molecule has 0 aromatic heterocycles. The highest BCUT2D eigenvalue weighted by Crippen LogP contribution is 2.34. The van der Waals surface area contributed by atoms with Crippen LogP contribution in [0.4, 0.5) is 0 Å². The van der Waals surface area contributed by atoms with Crippen LogP contribution >= 0.6 is 0 Å². The summed E-state index contributed by atoms with van der Waals surface area (Å²) in [4.78, 5) is 26.2. The summed E-state index contributed by atoms with van der Waals surface area (Å²) in [5.74, 6) is 0.953. The smallest absolute Gasteiger partial charge is 0.245 e. The predicted octanol–water partition coefficient (Wildman–Crippen LogP) is 1.29. The van der Waals surface area contributed by atoms with E-state index < -0.39 is 12.1 Å². The topological polar surface area (TPSA) is 58.6 Å². The van der Waals surface area contributed by atoms with Crippen LogP contribution in [0.5, 0.6) is 5.75 Å². The molecule has 2 aliphatic rings. The summed E-state index contributed by atoms with van der Waals surface area (Å²) in [7, 11) is 0. The van der Waals surface area contributed by atoms with E-state index in [2.05, 4.69) is 5.32 Å². The van der Waals surface area contributed by atoms with Crippen molar-refractivity contribution in [1.29, 1.82) is 0 Å². The highest BCUT2D eigenvalue weighted by Gasteiger charge is 2.39. The van der Waals surface area contributed by atoms with Gasteiger partial charge in [0.2, 0.25) is 11.8 Å². The van der Waals surface area contributed by atoms with Gasteiger partial charge in [0, 0.05) is 18.0 Å². The third kappa shape index (κ3) is 2.37. The summed E-state index contributed by atoms with van der Waals surface area (Å²) >= 11 is 0. The van der Waals surface area contributed by atoms with Crippen molar-refractivity contribution in [1.82, 2.24) is 10.2 Å². The second-order valence-corrected chi connectivity index (χ2v) is 5.68. The molecular weight excluding hydrogens is 268 g/mol. The number of hydrogen-bond donors (Lipinski definition) is 1. The fourth-order valence-electron chi connectivity index (χ4n) is 3.03. The average molecular weight is 288 g/mol. The van der Waals surface area contributed by atoms with Gasteiger partial charge in [0.25, 0.3) is 0 Å². The Labute approximate surface area is 124 Å². The molecule has 0 radical (unpaired) electrons. The lowest BCUT2D eigenvalue weighted by Gasteiger charge is -2.38. The van der Waals surface area contributed by atoms with E-state index in [1.54, 1.807) is 11.8 Å². The molecule has 0 aliphatic carbocycles. The zero-order valence-corrected chi connectivity index (χ0v) is 12.3. The van der Waals surface area contributed by atoms with Crippen molar-refractivity contribution in [2.45, 2.75) is 38.3 Å². The largest absolute Gasteiger partial charge is 0.493 e. The first kappa shape index (κ1) is 13.9. The van der Waals surface area contributed by atoms with Gasteiger partial charge < -0.3 is 15.0 Å². The van der Waals surface area contributed by atoms with Gasteiger partial charge in [0.1, 0.15) is 17.8 Å². The van der Waals surface area contributed by atoms with E-state index in [0.717, 1.165) is 11.3 Å². The van der Waals surface area contributed by atoms with E-state index in [1.165, 1.54) is 0 Å². The number of fused-ring (bicyclic) bond motifs is 1. The van der Waals surface area contributed by atoms with Crippen molar-refractivity contribution in [3.05, 3.63) is 29.8 Å². The van der Waals surface area contributed by atoms with Gasteiger partial charge >= 0.3 is 0 Å². The molecule has 1 aromatic rings. The first-order chi connectivity index (χ1) is 10.1. The van der Waals surface area contributed by atoms with Gasteiger partial charge in [-0.1, -0.05) is 25.1 Å². The molecular formula is C16H20N2O3. The Morgan fingerprint density at radius 1 is 1.33 bits per heavy atom. The molecule has 1 saturated heterocycles. The first-order valence-electron chi connectivity index (χ1n) is 7.44. The third-order valence-electron chi connectivity index (χ3n) is 4.37. The van der Waals surface area contributed by atoms with Gasteiger partial charge in [-0.3, -0.25) is 9.59 Å². The predicted molar refractivity (Wildman–Crippen MR) is 78.1 cm³/mol. The van der Waals surface area contributed by atoms with Crippen molar-refractivity contribution in [2.24, 2.45) is 0 Å². The molecule has 1 aromatic carbocycles. The number of ether oxygens (including phenoxy) is 1. The zero-order valence-electron chi connectivity index (χ0n) is 12.3. The molecule has 3 rings (SSSR count). The molecule has 1 fully saturated rings. The molecule has 0 bridgehead atoms. The molecule has 3 unspecified atom stereocenters. The van der Waals surface area contributed by atoms with Crippen molar-refractivity contribution in [2.75, 3.05) is 13.2 Å². The second kappa shape index (κ2) is 5.39. The molecule has 5 nitrogen and oxygen atoms in total. The van der Waals surface area contributed by atoms with E-state index in [4.69, 9.17) is 4.74 Å². The number of para-hydroxylation sites is 1. The molecule has 21 heavy (non-hydrogen) atoms. The second-order valence-electron chi connectivity index (χ2n) is 5.68. The Hall–Kier alpha value is -2.04. The minimum atomic E-state index is -0.423. The summed E-state index contributed by atoms with van der Waals surface area (Å²) in [6.45, 7) is 4.78. The molecule has 0 saturated carbocycles. The van der Waals surface area contributed by atoms with Crippen LogP contribution in [-0.2, 0) is 9.59 Å². The van der Waals surface area contributed by atoms with E-state index in [0.29, 0.717) is 19.6 Å². The first-order valence-corrected chi connectivity index (χ1v) is 7.44. The molecule has 2 amide bonds. The van der Waals surface area contributed by atoms with E-state index >= 15 is 0 Å². The summed E-state index contributed by atoms with van der Waals surface area (Å²) in [5, 5.41) is 2.78. The molecule has 3 atom stereocenters. The molecule has 2 heterocycles. The summed E-state index contributed by atoms with van der Waals surface area (Å²) < 4.78 is 5.66. The number of carbonyl (C=O) groups is 2. The molecule has 5 heteroatoms. The number of nitrogens with one attached hydrogen (secondary N) is 1. The Kier molecular flexibility index (Phi) is 3.57. The number of carbonyl (C=O) groups excluding carboxylic acids is 2. The van der Waals surface area contributed by atoms with Crippen LogP contribution in [0.25, 0.3) is 0 Å². The van der Waals surface area contributed by atoms with Crippen molar-refractivity contribution in [3.8, 4) is 5.75 Å². The Morgan fingerprint density at radius 3 is 2.86 bits per heavy atom. The van der Waals surface area contributed by atoms with Crippen LogP contribution < -0.4 is 10.1 Å². The van der Waals surface area contributed by atoms with Crippen LogP contribution in [0.1, 0.15) is 31.7 Å². The average Bonchev–Trinajstić information content (AvgIpc) is 2.90. The van der Waals surface area contributed by atoms with Crippen LogP contribution in [0.3, 0.4) is 0 Å². The monoisotopic (exact) mass is 288 g/mol. The van der Waals surface area contributed by atoms with E-state index in [1.807, 2.05) is 31.2 Å². The summed E-state index contributed by atoms with van der Waals surface area (Å²) in [6.07, 6.45) is 0.617. The van der Waals surface area contributed by atoms with E-state index in [-0.39, 0.29) is 17.7 Å². The van der Waals surface area contributed by atoms with Crippen LogP contribution in [0.2, 0.25) is 0 Å². The molecule has 112 valence electrons. The fourth-order valence-corrected chi connectivity index (χ4v) is 3.03. The maximum Gasteiger partial charge on any atom is 0.245 e. The van der Waals surface area contributed by atoms with E-state index in [9.17, 15) is 9.59 Å². The van der Waals surface area contributed by atoms with Crippen LogP contribution in [0.15, 0.2) is 24.3 Å².